The third kappa shape index (κ3) is 3.82. The van der Waals surface area contributed by atoms with Crippen molar-refractivity contribution in [3.63, 3.8) is 0 Å². The van der Waals surface area contributed by atoms with Gasteiger partial charge in [-0.1, -0.05) is 0 Å². The minimum atomic E-state index is -9.26. The Morgan fingerprint density at radius 1 is 0.229 bits per heavy atom. The van der Waals surface area contributed by atoms with Gasteiger partial charge in [0.25, 0.3) is 5.79 Å². The first-order chi connectivity index (χ1) is 14.5. The second-order valence-corrected chi connectivity index (χ2v) is 6.30. The lowest BCUT2D eigenvalue weighted by molar-refractivity contribution is -0.469. The summed E-state index contributed by atoms with van der Waals surface area (Å²) in [6.45, 7) is 0. The van der Waals surface area contributed by atoms with E-state index in [0.717, 1.165) is 0 Å². The Labute approximate surface area is 174 Å². The maximum Gasteiger partial charge on any atom is 0.460 e. The van der Waals surface area contributed by atoms with E-state index in [-0.39, 0.29) is 0 Å². The summed E-state index contributed by atoms with van der Waals surface area (Å²) < 4.78 is 294. The van der Waals surface area contributed by atoms with Crippen LogP contribution in [0, 0.1) is 0 Å². The number of hydrogen-bond acceptors (Lipinski definition) is 1. The van der Waals surface area contributed by atoms with Crippen LogP contribution in [0.15, 0.2) is 0 Å². The fraction of sp³-hybridized carbons (Fsp3) is 1.00. The Morgan fingerprint density at radius 2 is 0.371 bits per heavy atom. The van der Waals surface area contributed by atoms with Crippen molar-refractivity contribution in [2.75, 3.05) is 0 Å². The maximum absolute atomic E-state index is 13.5. The number of nitrogens with two attached hydrogens (primary N) is 1. The molecule has 2 N–H and O–H groups in total. The van der Waals surface area contributed by atoms with Gasteiger partial charge in [-0.25, -0.2) is 4.39 Å². The molecule has 1 atom stereocenters. The normalized spacial score (nSPS) is 18.5. The molecule has 0 aromatic carbocycles. The molecule has 0 saturated carbocycles. The summed E-state index contributed by atoms with van der Waals surface area (Å²) in [4.78, 5) is 0. The quantitative estimate of drug-likeness (QED) is 0.246. The molecule has 0 fully saturated rings. The van der Waals surface area contributed by atoms with Crippen LogP contribution in [-0.4, -0.2) is 65.5 Å². The molecule has 0 radical (unpaired) electrons. The van der Waals surface area contributed by atoms with E-state index in [9.17, 15) is 101 Å². The zero-order chi connectivity index (χ0) is 29.5. The molecule has 0 aliphatic heterocycles. The van der Waals surface area contributed by atoms with E-state index in [4.69, 9.17) is 0 Å². The fourth-order valence-electron chi connectivity index (χ4n) is 1.80. The molecule has 35 heavy (non-hydrogen) atoms. The van der Waals surface area contributed by atoms with E-state index in [2.05, 4.69) is 5.73 Å². The summed E-state index contributed by atoms with van der Waals surface area (Å²) in [6, 6.07) is 0. The second-order valence-electron chi connectivity index (χ2n) is 6.30. The van der Waals surface area contributed by atoms with Crippen LogP contribution in [0.4, 0.5) is 101 Å². The van der Waals surface area contributed by atoms with Crippen molar-refractivity contribution in [3.8, 4) is 0 Å². The van der Waals surface area contributed by atoms with Crippen LogP contribution < -0.4 is 5.73 Å². The Morgan fingerprint density at radius 3 is 0.600 bits per heavy atom. The molecule has 24 heteroatoms. The Balaban J connectivity index is 7.15. The van der Waals surface area contributed by atoms with Crippen molar-refractivity contribution in [1.82, 2.24) is 0 Å². The van der Waals surface area contributed by atoms with Crippen LogP contribution in [0.25, 0.3) is 0 Å². The first kappa shape index (κ1) is 33.4. The van der Waals surface area contributed by atoms with E-state index >= 15 is 0 Å². The molecule has 0 aromatic heterocycles. The largest absolute Gasteiger partial charge is 0.460 e. The highest BCUT2D eigenvalue weighted by Crippen LogP contribution is 2.65. The number of alkyl halides is 23. The monoisotopic (exact) mass is 585 g/mol. The predicted molar refractivity (Wildman–Crippen MR) is 59.7 cm³/mol. The van der Waals surface area contributed by atoms with E-state index in [1.54, 1.807) is 0 Å². The van der Waals surface area contributed by atoms with Gasteiger partial charge in [0.2, 0.25) is 0 Å². The summed E-state index contributed by atoms with van der Waals surface area (Å²) in [6.07, 6.45) is -16.0. The Bertz CT molecular complexity index is 716. The summed E-state index contributed by atoms with van der Waals surface area (Å²) in [5, 5.41) is 0. The number of hydrogen-bond donors (Lipinski definition) is 1. The highest BCUT2D eigenvalue weighted by molar-refractivity contribution is 5.19. The van der Waals surface area contributed by atoms with Gasteiger partial charge < -0.3 is 0 Å². The minimum absolute atomic E-state index is 2.92. The maximum atomic E-state index is 13.5. The number of halogens is 23. The Hall–Kier alpha value is -1.65. The van der Waals surface area contributed by atoms with Crippen molar-refractivity contribution in [2.24, 2.45) is 5.73 Å². The SMILES string of the molecule is NC(F)(C(F)(F)C(F)(F)C(F)(F)F)C(F)(F)C(F)(F)C(F)(F)C(F)(F)C(F)(F)C(F)(F)C(F)(F)F. The van der Waals surface area contributed by atoms with Crippen molar-refractivity contribution < 1.29 is 101 Å². The van der Waals surface area contributed by atoms with Gasteiger partial charge in [-0.15, -0.1) is 0 Å². The molecule has 0 aromatic rings. The van der Waals surface area contributed by atoms with Gasteiger partial charge in [-0.3, -0.25) is 5.73 Å². The highest BCUT2D eigenvalue weighted by Gasteiger charge is 2.97. The molecule has 0 rings (SSSR count). The molecule has 0 heterocycles. The van der Waals surface area contributed by atoms with Crippen LogP contribution >= 0.6 is 0 Å². The fourth-order valence-corrected chi connectivity index (χ4v) is 1.80. The molecule has 0 amide bonds. The van der Waals surface area contributed by atoms with Crippen LogP contribution in [0.2, 0.25) is 0 Å². The molecule has 212 valence electrons. The van der Waals surface area contributed by atoms with Crippen LogP contribution in [-0.2, 0) is 0 Å². The summed E-state index contributed by atoms with van der Waals surface area (Å²) in [5.74, 6) is -79.2. The molecule has 0 saturated heterocycles. The van der Waals surface area contributed by atoms with Gasteiger partial charge in [-0.2, -0.15) is 96.6 Å². The van der Waals surface area contributed by atoms with Crippen molar-refractivity contribution in [3.05, 3.63) is 0 Å². The van der Waals surface area contributed by atoms with Gasteiger partial charge in [-0.05, 0) is 0 Å². The first-order valence-corrected chi connectivity index (χ1v) is 7.14. The van der Waals surface area contributed by atoms with Crippen molar-refractivity contribution >= 4 is 0 Å². The molecule has 1 unspecified atom stereocenters. The standard InChI is InChI=1S/C11H2F23N/c12-1(13,2(14,15)4(18,19)7(24,25)10(29,30)31)3(16,17)5(20,21)9(28,35)6(22,23)8(26,27)11(32,33)34/h35H2. The third-order valence-corrected chi connectivity index (χ3v) is 3.99. The first-order valence-electron chi connectivity index (χ1n) is 7.14. The van der Waals surface area contributed by atoms with Crippen LogP contribution in [0.1, 0.15) is 0 Å². The zero-order valence-electron chi connectivity index (χ0n) is 14.8. The topological polar surface area (TPSA) is 26.0 Å². The smallest absolute Gasteiger partial charge is 0.288 e. The third-order valence-electron chi connectivity index (χ3n) is 3.99. The van der Waals surface area contributed by atoms with Gasteiger partial charge in [0.1, 0.15) is 0 Å². The molecule has 0 aliphatic rings. The van der Waals surface area contributed by atoms with Gasteiger partial charge >= 0.3 is 59.7 Å². The number of rotatable bonds is 8. The predicted octanol–water partition coefficient (Wildman–Crippen LogP) is 6.82. The molecular weight excluding hydrogens is 583 g/mol. The van der Waals surface area contributed by atoms with Crippen LogP contribution in [0.5, 0.6) is 0 Å². The van der Waals surface area contributed by atoms with E-state index in [0.29, 0.717) is 0 Å². The molecule has 0 aliphatic carbocycles. The van der Waals surface area contributed by atoms with Crippen LogP contribution in [0.3, 0.4) is 0 Å². The highest BCUT2D eigenvalue weighted by atomic mass is 19.4. The van der Waals surface area contributed by atoms with Crippen molar-refractivity contribution in [2.45, 2.75) is 65.5 Å². The van der Waals surface area contributed by atoms with Gasteiger partial charge in [0, 0.05) is 0 Å². The average molecular weight is 585 g/mol. The van der Waals surface area contributed by atoms with E-state index in [1.807, 2.05) is 0 Å². The lowest BCUT2D eigenvalue weighted by Gasteiger charge is -2.46. The average Bonchev–Trinajstić information content (AvgIpc) is 2.58. The molecular formula is C11H2F23N. The summed E-state index contributed by atoms with van der Waals surface area (Å²) in [5.41, 5.74) is 2.92. The minimum Gasteiger partial charge on any atom is -0.288 e. The van der Waals surface area contributed by atoms with Crippen molar-refractivity contribution in [1.29, 1.82) is 0 Å². The Kier molecular flexibility index (Phi) is 7.32. The molecule has 0 spiro atoms. The summed E-state index contributed by atoms with van der Waals surface area (Å²) >= 11 is 0. The zero-order valence-corrected chi connectivity index (χ0v) is 14.8. The lowest BCUT2D eigenvalue weighted by Crippen LogP contribution is -2.80. The molecule has 1 nitrogen and oxygen atoms in total. The van der Waals surface area contributed by atoms with E-state index in [1.165, 1.54) is 0 Å². The summed E-state index contributed by atoms with van der Waals surface area (Å²) in [7, 11) is 0. The van der Waals surface area contributed by atoms with E-state index < -0.39 is 65.5 Å². The second kappa shape index (κ2) is 7.68. The lowest BCUT2D eigenvalue weighted by atomic mass is 9.84. The van der Waals surface area contributed by atoms with Gasteiger partial charge in [0.15, 0.2) is 0 Å². The molecule has 0 bridgehead atoms. The van der Waals surface area contributed by atoms with Gasteiger partial charge in [0.05, 0.1) is 0 Å².